The SMILES string of the molecule is C[C@@H]1C(=O)Oc2ccccc2C1=C1c2ccccc2CCc2ccccc21. The molecule has 3 aromatic rings. The van der Waals surface area contributed by atoms with E-state index < -0.39 is 0 Å². The van der Waals surface area contributed by atoms with E-state index in [0.717, 1.165) is 24.0 Å². The normalized spacial score (nSPS) is 18.1. The standard InChI is InChI=1S/C25H20O2/c1-16-23(21-12-6-7-13-22(21)27-25(16)26)24-19-10-4-2-8-17(19)14-15-18-9-3-5-11-20(18)24/h2-13,16H,14-15H2,1H3/t16-/m0/s1. The van der Waals surface area contributed by atoms with Crippen molar-refractivity contribution < 1.29 is 9.53 Å². The third-order valence-corrected chi connectivity index (χ3v) is 5.68. The number of esters is 1. The van der Waals surface area contributed by atoms with Crippen LogP contribution in [0.3, 0.4) is 0 Å². The molecule has 27 heavy (non-hydrogen) atoms. The first-order valence-corrected chi connectivity index (χ1v) is 9.46. The molecule has 0 unspecified atom stereocenters. The third-order valence-electron chi connectivity index (χ3n) is 5.68. The highest BCUT2D eigenvalue weighted by Crippen LogP contribution is 2.46. The van der Waals surface area contributed by atoms with Gasteiger partial charge in [0.05, 0.1) is 5.92 Å². The molecule has 0 fully saturated rings. The smallest absolute Gasteiger partial charge is 0.318 e. The summed E-state index contributed by atoms with van der Waals surface area (Å²) in [5.74, 6) is 0.159. The number of carbonyl (C=O) groups is 1. The summed E-state index contributed by atoms with van der Waals surface area (Å²) < 4.78 is 5.60. The number of hydrogen-bond acceptors (Lipinski definition) is 2. The topological polar surface area (TPSA) is 26.3 Å². The molecule has 1 aliphatic carbocycles. The van der Waals surface area contributed by atoms with Gasteiger partial charge in [0.15, 0.2) is 0 Å². The van der Waals surface area contributed by atoms with Crippen molar-refractivity contribution in [1.82, 2.24) is 0 Å². The van der Waals surface area contributed by atoms with Gasteiger partial charge < -0.3 is 4.74 Å². The highest BCUT2D eigenvalue weighted by atomic mass is 16.5. The Hall–Kier alpha value is -3.13. The number of ether oxygens (including phenoxy) is 1. The maximum atomic E-state index is 12.7. The van der Waals surface area contributed by atoms with Crippen LogP contribution in [-0.2, 0) is 17.6 Å². The van der Waals surface area contributed by atoms with Crippen LogP contribution in [-0.4, -0.2) is 5.97 Å². The van der Waals surface area contributed by atoms with E-state index in [0.29, 0.717) is 5.75 Å². The lowest BCUT2D eigenvalue weighted by Crippen LogP contribution is -2.25. The first kappa shape index (κ1) is 16.1. The summed E-state index contributed by atoms with van der Waals surface area (Å²) in [4.78, 5) is 12.7. The Morgan fingerprint density at radius 3 is 1.89 bits per heavy atom. The zero-order chi connectivity index (χ0) is 18.4. The first-order chi connectivity index (χ1) is 13.2. The van der Waals surface area contributed by atoms with E-state index in [2.05, 4.69) is 54.6 Å². The number of fused-ring (bicyclic) bond motifs is 3. The van der Waals surface area contributed by atoms with Crippen molar-refractivity contribution in [3.63, 3.8) is 0 Å². The van der Waals surface area contributed by atoms with Crippen molar-refractivity contribution in [2.24, 2.45) is 5.92 Å². The molecule has 0 aromatic heterocycles. The Labute approximate surface area is 159 Å². The highest BCUT2D eigenvalue weighted by molar-refractivity contribution is 6.08. The lowest BCUT2D eigenvalue weighted by Gasteiger charge is -2.28. The summed E-state index contributed by atoms with van der Waals surface area (Å²) in [6, 6.07) is 25.1. The molecule has 1 heterocycles. The number of carbonyl (C=O) groups excluding carboxylic acids is 1. The third kappa shape index (κ3) is 2.52. The summed E-state index contributed by atoms with van der Waals surface area (Å²) in [6.45, 7) is 1.96. The minimum atomic E-state index is -0.311. The highest BCUT2D eigenvalue weighted by Gasteiger charge is 2.34. The molecule has 2 nitrogen and oxygen atoms in total. The van der Waals surface area contributed by atoms with Gasteiger partial charge in [-0.1, -0.05) is 66.7 Å². The van der Waals surface area contributed by atoms with Crippen LogP contribution in [0.5, 0.6) is 5.75 Å². The van der Waals surface area contributed by atoms with Crippen LogP contribution in [0.1, 0.15) is 34.7 Å². The number of rotatable bonds is 0. The molecular weight excluding hydrogens is 332 g/mol. The maximum Gasteiger partial charge on any atom is 0.318 e. The minimum Gasteiger partial charge on any atom is -0.425 e. The van der Waals surface area contributed by atoms with Crippen LogP contribution in [0.2, 0.25) is 0 Å². The van der Waals surface area contributed by atoms with Gasteiger partial charge in [0.1, 0.15) is 5.75 Å². The number of aryl methyl sites for hydroxylation is 2. The summed E-state index contributed by atoms with van der Waals surface area (Å²) in [5.41, 5.74) is 8.40. The molecule has 0 amide bonds. The minimum absolute atomic E-state index is 0.185. The molecule has 0 spiro atoms. The van der Waals surface area contributed by atoms with Crippen molar-refractivity contribution in [2.45, 2.75) is 19.8 Å². The summed E-state index contributed by atoms with van der Waals surface area (Å²) >= 11 is 0. The quantitative estimate of drug-likeness (QED) is 0.405. The molecule has 0 radical (unpaired) electrons. The Balaban J connectivity index is 1.93. The fourth-order valence-electron chi connectivity index (χ4n) is 4.35. The van der Waals surface area contributed by atoms with Gasteiger partial charge in [0, 0.05) is 5.56 Å². The predicted molar refractivity (Wildman–Crippen MR) is 107 cm³/mol. The summed E-state index contributed by atoms with van der Waals surface area (Å²) in [6.07, 6.45) is 2.01. The van der Waals surface area contributed by atoms with Crippen molar-refractivity contribution in [2.75, 3.05) is 0 Å². The molecule has 1 aliphatic heterocycles. The number of hydrogen-bond donors (Lipinski definition) is 0. The van der Waals surface area contributed by atoms with Gasteiger partial charge in [-0.15, -0.1) is 0 Å². The summed E-state index contributed by atoms with van der Waals surface area (Å²) in [5, 5.41) is 0. The Kier molecular flexibility index (Phi) is 3.71. The van der Waals surface area contributed by atoms with E-state index >= 15 is 0 Å². The van der Waals surface area contributed by atoms with E-state index in [9.17, 15) is 4.79 Å². The van der Waals surface area contributed by atoms with Crippen LogP contribution < -0.4 is 4.74 Å². The van der Waals surface area contributed by atoms with Crippen molar-refractivity contribution in [1.29, 1.82) is 0 Å². The molecule has 2 aliphatic rings. The van der Waals surface area contributed by atoms with Crippen LogP contribution >= 0.6 is 0 Å². The van der Waals surface area contributed by atoms with E-state index in [-0.39, 0.29) is 11.9 Å². The fraction of sp³-hybridized carbons (Fsp3) is 0.160. The Morgan fingerprint density at radius 1 is 0.741 bits per heavy atom. The lowest BCUT2D eigenvalue weighted by molar-refractivity contribution is -0.137. The van der Waals surface area contributed by atoms with Crippen molar-refractivity contribution in [3.05, 3.63) is 101 Å². The molecule has 1 atom stereocenters. The van der Waals surface area contributed by atoms with Gasteiger partial charge in [0.25, 0.3) is 0 Å². The van der Waals surface area contributed by atoms with Crippen LogP contribution in [0.4, 0.5) is 0 Å². The maximum absolute atomic E-state index is 12.7. The van der Waals surface area contributed by atoms with Gasteiger partial charge >= 0.3 is 5.97 Å². The Bertz CT molecular complexity index is 1040. The molecule has 5 rings (SSSR count). The average molecular weight is 352 g/mol. The second kappa shape index (κ2) is 6.24. The van der Waals surface area contributed by atoms with Gasteiger partial charge in [-0.25, -0.2) is 0 Å². The van der Waals surface area contributed by atoms with Gasteiger partial charge in [-0.05, 0) is 59.2 Å². The van der Waals surface area contributed by atoms with Gasteiger partial charge in [0.2, 0.25) is 0 Å². The zero-order valence-corrected chi connectivity index (χ0v) is 15.2. The lowest BCUT2D eigenvalue weighted by atomic mass is 9.80. The Morgan fingerprint density at radius 2 is 1.26 bits per heavy atom. The molecule has 2 heteroatoms. The molecule has 0 bridgehead atoms. The van der Waals surface area contributed by atoms with Crippen LogP contribution in [0.15, 0.2) is 72.8 Å². The van der Waals surface area contributed by atoms with Crippen molar-refractivity contribution in [3.8, 4) is 5.75 Å². The van der Waals surface area contributed by atoms with Gasteiger partial charge in [-0.2, -0.15) is 0 Å². The molecule has 3 aromatic carbocycles. The van der Waals surface area contributed by atoms with E-state index in [1.54, 1.807) is 0 Å². The van der Waals surface area contributed by atoms with E-state index in [1.165, 1.54) is 27.8 Å². The van der Waals surface area contributed by atoms with E-state index in [1.807, 2.05) is 25.1 Å². The molecule has 0 saturated heterocycles. The molecule has 132 valence electrons. The summed E-state index contributed by atoms with van der Waals surface area (Å²) in [7, 11) is 0. The first-order valence-electron chi connectivity index (χ1n) is 9.46. The second-order valence-electron chi connectivity index (χ2n) is 7.24. The fourth-order valence-corrected chi connectivity index (χ4v) is 4.35. The van der Waals surface area contributed by atoms with Crippen LogP contribution in [0.25, 0.3) is 11.1 Å². The molecule has 0 N–H and O–H groups in total. The average Bonchev–Trinajstić information content (AvgIpc) is 2.86. The van der Waals surface area contributed by atoms with Crippen LogP contribution in [0, 0.1) is 5.92 Å². The molecule has 0 saturated carbocycles. The predicted octanol–water partition coefficient (Wildman–Crippen LogP) is 5.30. The monoisotopic (exact) mass is 352 g/mol. The second-order valence-corrected chi connectivity index (χ2v) is 7.24. The number of para-hydroxylation sites is 1. The largest absolute Gasteiger partial charge is 0.425 e. The van der Waals surface area contributed by atoms with E-state index in [4.69, 9.17) is 4.74 Å². The zero-order valence-electron chi connectivity index (χ0n) is 15.2. The molecular formula is C25H20O2. The number of benzene rings is 3. The van der Waals surface area contributed by atoms with Gasteiger partial charge in [-0.3, -0.25) is 4.79 Å². The van der Waals surface area contributed by atoms with Crippen molar-refractivity contribution >= 4 is 17.1 Å².